The minimum absolute atomic E-state index is 0.113. The van der Waals surface area contributed by atoms with Gasteiger partial charge in [0.25, 0.3) is 10.0 Å². The minimum atomic E-state index is -3.58. The SMILES string of the molecule is NC1=C(CN2Cc3ccccc3C2)C=NS1(=O)=O. The summed E-state index contributed by atoms with van der Waals surface area (Å²) in [5.41, 5.74) is 8.74. The van der Waals surface area contributed by atoms with Gasteiger partial charge in [-0.2, -0.15) is 12.8 Å². The van der Waals surface area contributed by atoms with E-state index in [1.165, 1.54) is 17.3 Å². The van der Waals surface area contributed by atoms with Gasteiger partial charge in [-0.25, -0.2) is 0 Å². The van der Waals surface area contributed by atoms with Crippen LogP contribution in [0.25, 0.3) is 0 Å². The molecule has 5 nitrogen and oxygen atoms in total. The third-order valence-corrected chi connectivity index (χ3v) is 4.44. The van der Waals surface area contributed by atoms with Crippen LogP contribution in [0.15, 0.2) is 39.3 Å². The summed E-state index contributed by atoms with van der Waals surface area (Å²) in [6.07, 6.45) is 1.35. The first-order valence-electron chi connectivity index (χ1n) is 5.64. The smallest absolute Gasteiger partial charge is 0.297 e. The van der Waals surface area contributed by atoms with Crippen LogP contribution in [0.2, 0.25) is 0 Å². The van der Waals surface area contributed by atoms with Gasteiger partial charge in [0, 0.05) is 31.4 Å². The molecule has 0 saturated carbocycles. The maximum atomic E-state index is 11.4. The Morgan fingerprint density at radius 2 is 1.83 bits per heavy atom. The average molecular weight is 263 g/mol. The third-order valence-electron chi connectivity index (χ3n) is 3.24. The fourth-order valence-electron chi connectivity index (χ4n) is 2.29. The lowest BCUT2D eigenvalue weighted by Crippen LogP contribution is -2.22. The zero-order valence-electron chi connectivity index (χ0n) is 9.70. The Balaban J connectivity index is 1.79. The molecular weight excluding hydrogens is 250 g/mol. The number of benzene rings is 1. The van der Waals surface area contributed by atoms with E-state index in [0.29, 0.717) is 12.1 Å². The molecule has 2 aliphatic rings. The molecule has 2 heterocycles. The van der Waals surface area contributed by atoms with E-state index in [4.69, 9.17) is 5.73 Å². The standard InChI is InChI=1S/C12H13N3O2S/c13-12-11(5-14-18(12,16)17)8-15-6-9-3-1-2-4-10(9)7-15/h1-5H,6-8,13H2. The molecule has 0 radical (unpaired) electrons. The lowest BCUT2D eigenvalue weighted by molar-refractivity contribution is 0.313. The topological polar surface area (TPSA) is 75.8 Å². The summed E-state index contributed by atoms with van der Waals surface area (Å²) < 4.78 is 26.2. The van der Waals surface area contributed by atoms with Crippen LogP contribution in [0.5, 0.6) is 0 Å². The van der Waals surface area contributed by atoms with Gasteiger partial charge in [-0.3, -0.25) is 4.90 Å². The van der Waals surface area contributed by atoms with Gasteiger partial charge in [-0.05, 0) is 11.1 Å². The molecule has 0 saturated heterocycles. The molecule has 0 aromatic heterocycles. The van der Waals surface area contributed by atoms with Crippen LogP contribution in [0.3, 0.4) is 0 Å². The van der Waals surface area contributed by atoms with Crippen molar-refractivity contribution < 1.29 is 8.42 Å². The molecule has 2 aliphatic heterocycles. The molecule has 1 aromatic rings. The number of rotatable bonds is 2. The number of nitrogens with two attached hydrogens (primary N) is 1. The summed E-state index contributed by atoms with van der Waals surface area (Å²) in [5, 5.41) is -0.113. The Morgan fingerprint density at radius 1 is 1.22 bits per heavy atom. The largest absolute Gasteiger partial charge is 0.388 e. The average Bonchev–Trinajstić information content (AvgIpc) is 2.85. The first kappa shape index (κ1) is 11.4. The van der Waals surface area contributed by atoms with Crippen LogP contribution in [0.4, 0.5) is 0 Å². The zero-order chi connectivity index (χ0) is 12.8. The Kier molecular flexibility index (Phi) is 2.49. The minimum Gasteiger partial charge on any atom is -0.388 e. The molecule has 1 aromatic carbocycles. The van der Waals surface area contributed by atoms with E-state index in [1.54, 1.807) is 0 Å². The van der Waals surface area contributed by atoms with Gasteiger partial charge < -0.3 is 5.73 Å². The Bertz CT molecular complexity index is 637. The second kappa shape index (κ2) is 3.93. The molecule has 6 heteroatoms. The van der Waals surface area contributed by atoms with Crippen LogP contribution in [0, 0.1) is 0 Å². The molecule has 18 heavy (non-hydrogen) atoms. The Hall–Kier alpha value is -1.66. The first-order valence-corrected chi connectivity index (χ1v) is 7.08. The summed E-state index contributed by atoms with van der Waals surface area (Å²) >= 11 is 0. The lowest BCUT2D eigenvalue weighted by atomic mass is 10.1. The Morgan fingerprint density at radius 3 is 2.33 bits per heavy atom. The molecule has 0 aliphatic carbocycles. The number of hydrogen-bond donors (Lipinski definition) is 1. The second-order valence-electron chi connectivity index (χ2n) is 4.51. The van der Waals surface area contributed by atoms with Gasteiger partial charge in [-0.1, -0.05) is 24.3 Å². The maximum absolute atomic E-state index is 11.4. The second-order valence-corrected chi connectivity index (χ2v) is 6.11. The number of hydrogen-bond acceptors (Lipinski definition) is 4. The van der Waals surface area contributed by atoms with E-state index in [2.05, 4.69) is 21.4 Å². The number of nitrogens with zero attached hydrogens (tertiary/aromatic N) is 2. The van der Waals surface area contributed by atoms with Crippen molar-refractivity contribution in [3.05, 3.63) is 46.0 Å². The predicted octanol–water partition coefficient (Wildman–Crippen LogP) is 0.587. The van der Waals surface area contributed by atoms with Crippen LogP contribution < -0.4 is 5.73 Å². The van der Waals surface area contributed by atoms with Gasteiger partial charge >= 0.3 is 0 Å². The summed E-state index contributed by atoms with van der Waals surface area (Å²) in [6, 6.07) is 8.20. The number of fused-ring (bicyclic) bond motifs is 1. The van der Waals surface area contributed by atoms with E-state index in [-0.39, 0.29) is 5.03 Å². The van der Waals surface area contributed by atoms with E-state index in [0.717, 1.165) is 13.1 Å². The highest BCUT2D eigenvalue weighted by Crippen LogP contribution is 2.24. The van der Waals surface area contributed by atoms with Crippen molar-refractivity contribution in [3.63, 3.8) is 0 Å². The molecule has 94 valence electrons. The maximum Gasteiger partial charge on any atom is 0.297 e. The van der Waals surface area contributed by atoms with Crippen molar-refractivity contribution in [2.24, 2.45) is 10.1 Å². The molecule has 0 unspecified atom stereocenters. The quantitative estimate of drug-likeness (QED) is 0.847. The van der Waals surface area contributed by atoms with E-state index < -0.39 is 10.0 Å². The van der Waals surface area contributed by atoms with E-state index >= 15 is 0 Å². The first-order chi connectivity index (χ1) is 8.56. The van der Waals surface area contributed by atoms with Gasteiger partial charge in [0.1, 0.15) is 0 Å². The molecule has 0 fully saturated rings. The van der Waals surface area contributed by atoms with Gasteiger partial charge in [-0.15, -0.1) is 0 Å². The lowest BCUT2D eigenvalue weighted by Gasteiger charge is -2.14. The van der Waals surface area contributed by atoms with E-state index in [1.807, 2.05) is 12.1 Å². The highest BCUT2D eigenvalue weighted by molar-refractivity contribution is 7.94. The molecular formula is C12H13N3O2S. The predicted molar refractivity (Wildman–Crippen MR) is 69.2 cm³/mol. The summed E-state index contributed by atoms with van der Waals surface area (Å²) in [6.45, 7) is 2.16. The van der Waals surface area contributed by atoms with Crippen molar-refractivity contribution in [2.75, 3.05) is 6.54 Å². The molecule has 3 rings (SSSR count). The van der Waals surface area contributed by atoms with Crippen molar-refractivity contribution in [1.82, 2.24) is 4.90 Å². The van der Waals surface area contributed by atoms with Crippen LogP contribution in [0.1, 0.15) is 11.1 Å². The van der Waals surface area contributed by atoms with Gasteiger partial charge in [0.05, 0.1) is 0 Å². The molecule has 2 N–H and O–H groups in total. The number of sulfonamides is 1. The van der Waals surface area contributed by atoms with Crippen LogP contribution >= 0.6 is 0 Å². The Labute approximate surface area is 106 Å². The molecule has 0 spiro atoms. The summed E-state index contributed by atoms with van der Waals surface area (Å²) in [7, 11) is -3.58. The fraction of sp³-hybridized carbons (Fsp3) is 0.250. The fourth-order valence-corrected chi connectivity index (χ4v) is 3.12. The van der Waals surface area contributed by atoms with Crippen LogP contribution in [-0.4, -0.2) is 26.1 Å². The highest BCUT2D eigenvalue weighted by atomic mass is 32.2. The molecule has 0 bridgehead atoms. The van der Waals surface area contributed by atoms with Crippen molar-refractivity contribution >= 4 is 16.2 Å². The highest BCUT2D eigenvalue weighted by Gasteiger charge is 2.26. The van der Waals surface area contributed by atoms with Crippen molar-refractivity contribution in [3.8, 4) is 0 Å². The third kappa shape index (κ3) is 1.83. The van der Waals surface area contributed by atoms with Crippen LogP contribution in [-0.2, 0) is 23.1 Å². The normalized spacial score (nSPS) is 21.6. The molecule has 0 amide bonds. The summed E-state index contributed by atoms with van der Waals surface area (Å²) in [5.74, 6) is 0. The van der Waals surface area contributed by atoms with Crippen molar-refractivity contribution in [1.29, 1.82) is 0 Å². The summed E-state index contributed by atoms with van der Waals surface area (Å²) in [4.78, 5) is 2.15. The monoisotopic (exact) mass is 263 g/mol. The van der Waals surface area contributed by atoms with Crippen molar-refractivity contribution in [2.45, 2.75) is 13.1 Å². The van der Waals surface area contributed by atoms with Gasteiger partial charge in [0.15, 0.2) is 5.03 Å². The molecule has 0 atom stereocenters. The van der Waals surface area contributed by atoms with E-state index in [9.17, 15) is 8.42 Å². The zero-order valence-corrected chi connectivity index (χ0v) is 10.5. The van der Waals surface area contributed by atoms with Gasteiger partial charge in [0.2, 0.25) is 0 Å².